The predicted molar refractivity (Wildman–Crippen MR) is 219 cm³/mol. The van der Waals surface area contributed by atoms with Crippen LogP contribution in [-0.4, -0.2) is 55.3 Å². The largest absolute Gasteiger partial charge is 0.496 e. The lowest BCUT2D eigenvalue weighted by atomic mass is 10.0. The number of aliphatic imine (C=N–C) groups is 1. The van der Waals surface area contributed by atoms with Crippen LogP contribution in [0.25, 0.3) is 0 Å². The van der Waals surface area contributed by atoms with Crippen molar-refractivity contribution in [2.24, 2.45) is 4.99 Å². The van der Waals surface area contributed by atoms with E-state index in [1.807, 2.05) is 12.1 Å². The number of nitrogen functional groups attached to an aromatic ring is 2. The first-order chi connectivity index (χ1) is 25.8. The number of nitrogens with one attached hydrogen (secondary N) is 3. The molecular formula is C41H70N8O4. The fraction of sp³-hybridized carbons (Fsp3) is 0.683. The number of ether oxygens (including phenoxy) is 2. The maximum absolute atomic E-state index is 12.6. The number of nitrogens with two attached hydrogens (primary N) is 2. The van der Waals surface area contributed by atoms with Crippen LogP contribution in [0, 0.1) is 0 Å². The Morgan fingerprint density at radius 1 is 0.698 bits per heavy atom. The zero-order valence-electron chi connectivity index (χ0n) is 33.3. The molecule has 0 aliphatic carbocycles. The van der Waals surface area contributed by atoms with Crippen molar-refractivity contribution in [2.75, 3.05) is 44.1 Å². The lowest BCUT2D eigenvalue weighted by molar-refractivity contribution is -0.123. The number of methoxy groups -OCH3 is 2. The zero-order chi connectivity index (χ0) is 38.5. The summed E-state index contributed by atoms with van der Waals surface area (Å²) in [5, 5.41) is 9.11. The van der Waals surface area contributed by atoms with E-state index >= 15 is 0 Å². The number of benzene rings is 1. The number of carbonyl (C=O) groups excluding carboxylic acids is 2. The van der Waals surface area contributed by atoms with Gasteiger partial charge in [0.05, 0.1) is 26.3 Å². The lowest BCUT2D eigenvalue weighted by Crippen LogP contribution is -2.27. The summed E-state index contributed by atoms with van der Waals surface area (Å²) in [5.41, 5.74) is 14.6. The molecule has 298 valence electrons. The Bertz CT molecular complexity index is 1330. The van der Waals surface area contributed by atoms with Gasteiger partial charge in [-0.3, -0.25) is 14.6 Å². The molecule has 0 unspecified atom stereocenters. The van der Waals surface area contributed by atoms with Crippen LogP contribution < -0.4 is 36.9 Å². The third-order valence-electron chi connectivity index (χ3n) is 9.35. The summed E-state index contributed by atoms with van der Waals surface area (Å²) in [7, 11) is 3.16. The Labute approximate surface area is 319 Å². The third kappa shape index (κ3) is 19.5. The molecule has 0 spiro atoms. The molecule has 12 heteroatoms. The van der Waals surface area contributed by atoms with E-state index in [0.29, 0.717) is 61.1 Å². The lowest BCUT2D eigenvalue weighted by Gasteiger charge is -2.15. The number of hydrogen-bond donors (Lipinski definition) is 5. The molecule has 0 fully saturated rings. The maximum atomic E-state index is 12.6. The topological polar surface area (TPSA) is 179 Å². The molecule has 12 nitrogen and oxygen atoms in total. The molecule has 7 N–H and O–H groups in total. The SMILES string of the molecule is CCCCCCCCCCCCCCCCCC(=O)NCCCC(=O)NCc1cc(OC)c(CN=Cc2nc(N)nc(NCCCC)c2N)c(OC)c1. The van der Waals surface area contributed by atoms with Crippen molar-refractivity contribution in [1.29, 1.82) is 0 Å². The van der Waals surface area contributed by atoms with E-state index in [2.05, 4.69) is 44.8 Å². The average molecular weight is 739 g/mol. The second-order valence-corrected chi connectivity index (χ2v) is 13.9. The minimum absolute atomic E-state index is 0.0672. The maximum Gasteiger partial charge on any atom is 0.222 e. The van der Waals surface area contributed by atoms with Crippen LogP contribution in [0.5, 0.6) is 11.5 Å². The van der Waals surface area contributed by atoms with Crippen LogP contribution in [0.15, 0.2) is 17.1 Å². The molecule has 0 saturated heterocycles. The predicted octanol–water partition coefficient (Wildman–Crippen LogP) is 8.26. The Kier molecular flexibility index (Phi) is 24.2. The average Bonchev–Trinajstić information content (AvgIpc) is 3.15. The summed E-state index contributed by atoms with van der Waals surface area (Å²) in [6, 6.07) is 3.72. The molecule has 1 aromatic heterocycles. The molecule has 0 aliphatic heterocycles. The highest BCUT2D eigenvalue weighted by Gasteiger charge is 2.14. The monoisotopic (exact) mass is 739 g/mol. The van der Waals surface area contributed by atoms with Crippen LogP contribution in [0.2, 0.25) is 0 Å². The van der Waals surface area contributed by atoms with Crippen LogP contribution in [0.4, 0.5) is 17.5 Å². The van der Waals surface area contributed by atoms with E-state index in [-0.39, 0.29) is 24.3 Å². The van der Waals surface area contributed by atoms with Gasteiger partial charge in [-0.2, -0.15) is 4.98 Å². The van der Waals surface area contributed by atoms with Crippen LogP contribution in [0.3, 0.4) is 0 Å². The van der Waals surface area contributed by atoms with Crippen molar-refractivity contribution in [2.45, 2.75) is 155 Å². The van der Waals surface area contributed by atoms with Crippen molar-refractivity contribution in [1.82, 2.24) is 20.6 Å². The first kappa shape index (κ1) is 45.1. The number of unbranched alkanes of at least 4 members (excludes halogenated alkanes) is 15. The number of anilines is 3. The van der Waals surface area contributed by atoms with Gasteiger partial charge in [0.25, 0.3) is 0 Å². The quantitative estimate of drug-likeness (QED) is 0.0376. The Morgan fingerprint density at radius 3 is 1.79 bits per heavy atom. The van der Waals surface area contributed by atoms with Gasteiger partial charge in [-0.05, 0) is 37.0 Å². The summed E-state index contributed by atoms with van der Waals surface area (Å²) < 4.78 is 11.3. The Balaban J connectivity index is 1.64. The van der Waals surface area contributed by atoms with Crippen LogP contribution >= 0.6 is 0 Å². The van der Waals surface area contributed by atoms with Gasteiger partial charge in [0, 0.05) is 38.7 Å². The fourth-order valence-corrected chi connectivity index (χ4v) is 6.15. The molecule has 2 aromatic rings. The van der Waals surface area contributed by atoms with E-state index in [9.17, 15) is 9.59 Å². The number of nitrogens with zero attached hydrogens (tertiary/aromatic N) is 3. The molecule has 0 bridgehead atoms. The van der Waals surface area contributed by atoms with Gasteiger partial charge in [-0.1, -0.05) is 110 Å². The normalized spacial score (nSPS) is 11.2. The minimum Gasteiger partial charge on any atom is -0.496 e. The summed E-state index contributed by atoms with van der Waals surface area (Å²) in [4.78, 5) is 37.8. The summed E-state index contributed by atoms with van der Waals surface area (Å²) >= 11 is 0. The number of amides is 2. The van der Waals surface area contributed by atoms with Crippen molar-refractivity contribution in [3.8, 4) is 11.5 Å². The van der Waals surface area contributed by atoms with E-state index < -0.39 is 0 Å². The van der Waals surface area contributed by atoms with Gasteiger partial charge in [0.1, 0.15) is 22.9 Å². The number of rotatable bonds is 31. The zero-order valence-corrected chi connectivity index (χ0v) is 33.3. The molecular weight excluding hydrogens is 669 g/mol. The second-order valence-electron chi connectivity index (χ2n) is 13.9. The van der Waals surface area contributed by atoms with Gasteiger partial charge < -0.3 is 36.9 Å². The first-order valence-electron chi connectivity index (χ1n) is 20.3. The minimum atomic E-state index is -0.0847. The van der Waals surface area contributed by atoms with Gasteiger partial charge in [0.15, 0.2) is 5.82 Å². The van der Waals surface area contributed by atoms with Gasteiger partial charge in [0.2, 0.25) is 17.8 Å². The first-order valence-corrected chi connectivity index (χ1v) is 20.3. The number of carbonyl (C=O) groups is 2. The third-order valence-corrected chi connectivity index (χ3v) is 9.35. The van der Waals surface area contributed by atoms with Crippen molar-refractivity contribution >= 4 is 35.5 Å². The molecule has 0 saturated carbocycles. The standard InChI is InChI=1S/C41H70N8O4/c1-5-7-9-10-11-12-13-14-15-16-17-18-19-20-21-23-37(50)45-26-22-24-38(51)47-29-32-27-35(52-3)33(36(28-32)53-4)30-44-31-34-39(42)40(46-25-8-6-2)49-41(43)48-34/h27-28,31H,5-26,29-30,42H2,1-4H3,(H,45,50)(H,47,51)(H3,43,46,48,49). The van der Waals surface area contributed by atoms with E-state index in [1.165, 1.54) is 83.5 Å². The van der Waals surface area contributed by atoms with Crippen molar-refractivity contribution < 1.29 is 19.1 Å². The van der Waals surface area contributed by atoms with Gasteiger partial charge in [-0.15, -0.1) is 0 Å². The fourth-order valence-electron chi connectivity index (χ4n) is 6.15. The molecule has 2 amide bonds. The van der Waals surface area contributed by atoms with E-state index in [4.69, 9.17) is 20.9 Å². The highest BCUT2D eigenvalue weighted by Crippen LogP contribution is 2.31. The van der Waals surface area contributed by atoms with E-state index in [0.717, 1.165) is 43.4 Å². The second kappa shape index (κ2) is 28.4. The summed E-state index contributed by atoms with van der Waals surface area (Å²) in [6.45, 7) is 6.15. The summed E-state index contributed by atoms with van der Waals surface area (Å²) in [6.07, 6.45) is 24.6. The molecule has 0 aliphatic rings. The smallest absolute Gasteiger partial charge is 0.222 e. The molecule has 53 heavy (non-hydrogen) atoms. The highest BCUT2D eigenvalue weighted by molar-refractivity contribution is 5.89. The van der Waals surface area contributed by atoms with Crippen LogP contribution in [-0.2, 0) is 22.7 Å². The molecule has 0 atom stereocenters. The molecule has 1 heterocycles. The van der Waals surface area contributed by atoms with Gasteiger partial charge in [-0.25, -0.2) is 4.98 Å². The summed E-state index contributed by atoms with van der Waals surface area (Å²) in [5.74, 6) is 1.75. The highest BCUT2D eigenvalue weighted by atomic mass is 16.5. The van der Waals surface area contributed by atoms with Crippen LogP contribution in [0.1, 0.15) is 159 Å². The Hall–Kier alpha value is -4.09. The van der Waals surface area contributed by atoms with Crippen molar-refractivity contribution in [3.05, 3.63) is 29.0 Å². The number of aromatic nitrogens is 2. The van der Waals surface area contributed by atoms with Crippen molar-refractivity contribution in [3.63, 3.8) is 0 Å². The molecule has 2 rings (SSSR count). The molecule has 1 aromatic carbocycles. The number of hydrogen-bond acceptors (Lipinski definition) is 10. The Morgan fingerprint density at radius 2 is 1.23 bits per heavy atom. The van der Waals surface area contributed by atoms with E-state index in [1.54, 1.807) is 20.4 Å². The van der Waals surface area contributed by atoms with Gasteiger partial charge >= 0.3 is 0 Å². The molecule has 0 radical (unpaired) electrons.